The van der Waals surface area contributed by atoms with E-state index in [4.69, 9.17) is 14.2 Å². The minimum atomic E-state index is 0.402. The van der Waals surface area contributed by atoms with Crippen molar-refractivity contribution in [2.45, 2.75) is 39.1 Å². The number of hydrogen-bond donors (Lipinski definition) is 6. The van der Waals surface area contributed by atoms with Crippen molar-refractivity contribution in [2.24, 2.45) is 0 Å². The third-order valence-electron chi connectivity index (χ3n) is 5.59. The number of rotatable bonds is 0. The number of morpholine rings is 3. The van der Waals surface area contributed by atoms with Crippen LogP contribution in [0.3, 0.4) is 0 Å². The third kappa shape index (κ3) is 20.9. The molecule has 1 unspecified atom stereocenters. The van der Waals surface area contributed by atoms with Gasteiger partial charge in [0.05, 0.1) is 38.1 Å². The Morgan fingerprint density at radius 2 is 1.00 bits per heavy atom. The van der Waals surface area contributed by atoms with Crippen LogP contribution in [0, 0.1) is 0 Å². The van der Waals surface area contributed by atoms with E-state index < -0.39 is 0 Å². The van der Waals surface area contributed by atoms with Crippen LogP contribution in [0.25, 0.3) is 0 Å². The van der Waals surface area contributed by atoms with E-state index in [-0.39, 0.29) is 0 Å². The molecule has 5 saturated heterocycles. The molecule has 34 heavy (non-hydrogen) atoms. The second kappa shape index (κ2) is 23.0. The molecule has 0 spiro atoms. The Kier molecular flexibility index (Phi) is 21.4. The van der Waals surface area contributed by atoms with Crippen LogP contribution in [0.5, 0.6) is 0 Å². The molecule has 0 amide bonds. The summed E-state index contributed by atoms with van der Waals surface area (Å²) in [6.45, 7) is 24.3. The number of piperazine rings is 2. The summed E-state index contributed by atoms with van der Waals surface area (Å²) in [6.07, 6.45) is 1.23. The van der Waals surface area contributed by atoms with Crippen molar-refractivity contribution >= 4 is 0 Å². The molecule has 0 saturated carbocycles. The van der Waals surface area contributed by atoms with E-state index in [2.05, 4.69) is 64.6 Å². The van der Waals surface area contributed by atoms with Crippen LogP contribution in [-0.2, 0) is 14.2 Å². The highest BCUT2D eigenvalue weighted by Gasteiger charge is 2.12. The number of likely N-dealkylation sites (N-methyl/N-ethyl adjacent to an activating group) is 1. The van der Waals surface area contributed by atoms with Crippen molar-refractivity contribution in [3.8, 4) is 0 Å². The van der Waals surface area contributed by atoms with Gasteiger partial charge in [-0.25, -0.2) is 0 Å². The van der Waals surface area contributed by atoms with E-state index in [0.29, 0.717) is 18.3 Å². The first-order chi connectivity index (χ1) is 16.6. The van der Waals surface area contributed by atoms with Crippen molar-refractivity contribution in [2.75, 3.05) is 118 Å². The number of hydrogen-bond acceptors (Lipinski definition) is 10. The molecule has 0 bridgehead atoms. The van der Waals surface area contributed by atoms with Crippen LogP contribution in [0.15, 0.2) is 0 Å². The molecule has 6 N–H and O–H groups in total. The molecule has 10 heteroatoms. The lowest BCUT2D eigenvalue weighted by molar-refractivity contribution is -0.0166. The van der Waals surface area contributed by atoms with Gasteiger partial charge in [0.1, 0.15) is 0 Å². The fourth-order valence-corrected chi connectivity index (χ4v) is 3.58. The standard InChI is InChI=1S/C6H13NO.C5H12N2.C5H11NO.C4H10N2.C4H9NO/c1-5-3-7-4-6(2)8-5;1-7-4-2-6-3-5-7;1-5-4-6-2-3-7-5;1-2-6-4-3-5-1;1-3-6-4-2-5-1/h5-7H,3-4H2,1-2H3;6H,2-5H2,1H3;5-6H,2-4H2,1H3;5-6H,1-4H2;5H,1-4H2/t5-,6+;;;;. The largest absolute Gasteiger partial charge is 0.379 e. The average molecular weight is 490 g/mol. The molecule has 0 radical (unpaired) electrons. The lowest BCUT2D eigenvalue weighted by Crippen LogP contribution is -2.41. The zero-order chi connectivity index (χ0) is 24.7. The minimum Gasteiger partial charge on any atom is -0.379 e. The van der Waals surface area contributed by atoms with Gasteiger partial charge in [0, 0.05) is 91.6 Å². The van der Waals surface area contributed by atoms with E-state index in [0.717, 1.165) is 98.4 Å². The predicted octanol–water partition coefficient (Wildman–Crippen LogP) is -1.32. The van der Waals surface area contributed by atoms with Gasteiger partial charge in [0.25, 0.3) is 0 Å². The van der Waals surface area contributed by atoms with Gasteiger partial charge in [-0.15, -0.1) is 0 Å². The Hall–Kier alpha value is -0.400. The maximum atomic E-state index is 5.42. The molecule has 0 aliphatic carbocycles. The molecule has 5 fully saturated rings. The molecule has 5 aliphatic rings. The topological polar surface area (TPSA) is 103 Å². The molecule has 0 aromatic heterocycles. The number of nitrogens with zero attached hydrogens (tertiary/aromatic N) is 1. The van der Waals surface area contributed by atoms with Crippen molar-refractivity contribution in [3.05, 3.63) is 0 Å². The third-order valence-corrected chi connectivity index (χ3v) is 5.59. The van der Waals surface area contributed by atoms with Crippen LogP contribution in [0.4, 0.5) is 0 Å². The fraction of sp³-hybridized carbons (Fsp3) is 1.00. The summed E-state index contributed by atoms with van der Waals surface area (Å²) in [4.78, 5) is 2.33. The first-order valence-electron chi connectivity index (χ1n) is 13.4. The summed E-state index contributed by atoms with van der Waals surface area (Å²) in [5.74, 6) is 0. The first kappa shape index (κ1) is 31.6. The second-order valence-corrected chi connectivity index (χ2v) is 9.22. The second-order valence-electron chi connectivity index (χ2n) is 9.22. The Morgan fingerprint density at radius 3 is 1.24 bits per heavy atom. The van der Waals surface area contributed by atoms with Gasteiger partial charge >= 0.3 is 0 Å². The van der Waals surface area contributed by atoms with Crippen LogP contribution >= 0.6 is 0 Å². The molecule has 0 aromatic rings. The molecular formula is C24H55N7O3. The zero-order valence-corrected chi connectivity index (χ0v) is 22.4. The van der Waals surface area contributed by atoms with Crippen molar-refractivity contribution < 1.29 is 14.2 Å². The maximum absolute atomic E-state index is 5.42. The SMILES string of the molecule is C1CNCCN1.C1COCCN1.CC1CNCCO1.CN1CCNCC1.C[C@@H]1CNC[C@H](C)O1. The summed E-state index contributed by atoms with van der Waals surface area (Å²) in [7, 11) is 2.15. The van der Waals surface area contributed by atoms with Crippen molar-refractivity contribution in [1.82, 2.24) is 36.8 Å². The van der Waals surface area contributed by atoms with Crippen LogP contribution in [0.1, 0.15) is 20.8 Å². The van der Waals surface area contributed by atoms with E-state index in [1.54, 1.807) is 0 Å². The Morgan fingerprint density at radius 1 is 0.529 bits per heavy atom. The summed E-state index contributed by atoms with van der Waals surface area (Å²) in [5.41, 5.74) is 0. The molecule has 3 atom stereocenters. The highest BCUT2D eigenvalue weighted by Crippen LogP contribution is 2.00. The Labute approximate surface area is 209 Å². The van der Waals surface area contributed by atoms with Gasteiger partial charge in [0.15, 0.2) is 0 Å². The molecular weight excluding hydrogens is 434 g/mol. The normalized spacial score (nSPS) is 29.8. The minimum absolute atomic E-state index is 0.402. The molecule has 5 aliphatic heterocycles. The fourth-order valence-electron chi connectivity index (χ4n) is 3.58. The Bertz CT molecular complexity index is 358. The summed E-state index contributed by atoms with van der Waals surface area (Å²) in [6, 6.07) is 0. The monoisotopic (exact) mass is 489 g/mol. The van der Waals surface area contributed by atoms with E-state index in [1.807, 2.05) is 0 Å². The van der Waals surface area contributed by atoms with E-state index in [1.165, 1.54) is 13.1 Å². The molecule has 5 rings (SSSR count). The summed E-state index contributed by atoms with van der Waals surface area (Å²) in [5, 5.41) is 19.3. The summed E-state index contributed by atoms with van der Waals surface area (Å²) < 4.78 is 15.6. The van der Waals surface area contributed by atoms with Crippen LogP contribution < -0.4 is 31.9 Å². The van der Waals surface area contributed by atoms with Gasteiger partial charge in [-0.2, -0.15) is 0 Å². The average Bonchev–Trinajstić information content (AvgIpc) is 2.89. The van der Waals surface area contributed by atoms with E-state index >= 15 is 0 Å². The van der Waals surface area contributed by atoms with Gasteiger partial charge in [-0.1, -0.05) is 0 Å². The lowest BCUT2D eigenvalue weighted by atomic mass is 10.3. The molecule has 204 valence electrons. The van der Waals surface area contributed by atoms with Crippen molar-refractivity contribution in [1.29, 1.82) is 0 Å². The van der Waals surface area contributed by atoms with Gasteiger partial charge < -0.3 is 51.0 Å². The van der Waals surface area contributed by atoms with Crippen molar-refractivity contribution in [3.63, 3.8) is 0 Å². The Balaban J connectivity index is 0.000000213. The number of ether oxygens (including phenoxy) is 3. The van der Waals surface area contributed by atoms with Gasteiger partial charge in [-0.3, -0.25) is 0 Å². The highest BCUT2D eigenvalue weighted by atomic mass is 16.5. The lowest BCUT2D eigenvalue weighted by Gasteiger charge is -2.25. The molecule has 5 heterocycles. The zero-order valence-electron chi connectivity index (χ0n) is 22.4. The van der Waals surface area contributed by atoms with Crippen LogP contribution in [-0.4, -0.2) is 142 Å². The maximum Gasteiger partial charge on any atom is 0.0675 e. The summed E-state index contributed by atoms with van der Waals surface area (Å²) >= 11 is 0. The van der Waals surface area contributed by atoms with Gasteiger partial charge in [-0.05, 0) is 27.8 Å². The smallest absolute Gasteiger partial charge is 0.0675 e. The highest BCUT2D eigenvalue weighted by molar-refractivity contribution is 4.67. The molecule has 10 nitrogen and oxygen atoms in total. The first-order valence-corrected chi connectivity index (χ1v) is 13.4. The van der Waals surface area contributed by atoms with Gasteiger partial charge in [0.2, 0.25) is 0 Å². The quantitative estimate of drug-likeness (QED) is 0.246. The molecule has 0 aromatic carbocycles. The number of nitrogens with one attached hydrogen (secondary N) is 6. The van der Waals surface area contributed by atoms with Crippen LogP contribution in [0.2, 0.25) is 0 Å². The van der Waals surface area contributed by atoms with E-state index in [9.17, 15) is 0 Å². The predicted molar refractivity (Wildman–Crippen MR) is 141 cm³/mol.